The molecule has 1 aromatic heterocycles. The van der Waals surface area contributed by atoms with Gasteiger partial charge in [0.05, 0.1) is 24.8 Å². The number of rotatable bonds is 10. The molecule has 2 aromatic rings. The van der Waals surface area contributed by atoms with Gasteiger partial charge in [0.15, 0.2) is 16.0 Å². The zero-order chi connectivity index (χ0) is 18.9. The van der Waals surface area contributed by atoms with Crippen molar-refractivity contribution in [3.8, 4) is 22.6 Å². The molecular formula is C18H22BrF2N2O3+. The van der Waals surface area contributed by atoms with Crippen LogP contribution in [0.2, 0.25) is 0 Å². The van der Waals surface area contributed by atoms with Gasteiger partial charge in [0.25, 0.3) is 6.20 Å². The molecule has 8 heteroatoms. The molecule has 0 saturated heterocycles. The fourth-order valence-electron chi connectivity index (χ4n) is 2.59. The summed E-state index contributed by atoms with van der Waals surface area (Å²) in [4.78, 5) is 12.0. The fraction of sp³-hybridized carbons (Fsp3) is 0.444. The van der Waals surface area contributed by atoms with Crippen molar-refractivity contribution >= 4 is 15.9 Å². The minimum atomic E-state index is -2.92. The van der Waals surface area contributed by atoms with Gasteiger partial charge in [0, 0.05) is 17.0 Å². The quantitative estimate of drug-likeness (QED) is 0.312. The second kappa shape index (κ2) is 10.3. The summed E-state index contributed by atoms with van der Waals surface area (Å²) in [6.45, 7) is -2.30. The molecule has 1 heterocycles. The van der Waals surface area contributed by atoms with Crippen molar-refractivity contribution in [1.82, 2.24) is 4.68 Å². The van der Waals surface area contributed by atoms with E-state index < -0.39 is 6.61 Å². The van der Waals surface area contributed by atoms with Crippen LogP contribution >= 0.6 is 15.9 Å². The van der Waals surface area contributed by atoms with Gasteiger partial charge in [-0.05, 0) is 30.5 Å². The molecule has 0 spiro atoms. The average molecular weight is 432 g/mol. The predicted molar refractivity (Wildman–Crippen MR) is 98.7 cm³/mol. The number of aryl methyl sites for hydroxylation is 1. The molecule has 1 aromatic carbocycles. The van der Waals surface area contributed by atoms with Crippen LogP contribution in [0, 0.1) is 4.91 Å². The van der Waals surface area contributed by atoms with E-state index in [2.05, 4.69) is 20.7 Å². The summed E-state index contributed by atoms with van der Waals surface area (Å²) in [5.74, 6) is 0.184. The number of benzene rings is 1. The van der Waals surface area contributed by atoms with E-state index in [1.165, 1.54) is 19.4 Å². The third kappa shape index (κ3) is 5.79. The van der Waals surface area contributed by atoms with Gasteiger partial charge >= 0.3 is 6.61 Å². The topological polar surface area (TPSA) is 46.4 Å². The lowest BCUT2D eigenvalue weighted by Gasteiger charge is -2.11. The van der Waals surface area contributed by atoms with Crippen LogP contribution in [-0.2, 0) is 6.54 Å². The Morgan fingerprint density at radius 2 is 1.88 bits per heavy atom. The van der Waals surface area contributed by atoms with Gasteiger partial charge in [-0.2, -0.15) is 8.78 Å². The first-order valence-corrected chi connectivity index (χ1v) is 9.49. The molecule has 0 radical (unpaired) electrons. The summed E-state index contributed by atoms with van der Waals surface area (Å²) in [6, 6.07) is 6.38. The largest absolute Gasteiger partial charge is 0.493 e. The number of nitrogens with zero attached hydrogens (tertiary/aromatic N) is 2. The molecule has 0 atom stereocenters. The monoisotopic (exact) mass is 431 g/mol. The Morgan fingerprint density at radius 3 is 2.58 bits per heavy atom. The molecule has 2 rings (SSSR count). The van der Waals surface area contributed by atoms with E-state index in [9.17, 15) is 13.7 Å². The van der Waals surface area contributed by atoms with E-state index in [-0.39, 0.29) is 11.5 Å². The number of alkyl halides is 3. The van der Waals surface area contributed by atoms with Gasteiger partial charge in [-0.15, -0.1) is 4.68 Å². The Bertz CT molecular complexity index is 768. The molecule has 26 heavy (non-hydrogen) atoms. The zero-order valence-corrected chi connectivity index (χ0v) is 16.1. The first-order chi connectivity index (χ1) is 12.5. The van der Waals surface area contributed by atoms with Crippen LogP contribution < -0.4 is 14.0 Å². The second-order valence-corrected chi connectivity index (χ2v) is 6.51. The average Bonchev–Trinajstić information content (AvgIpc) is 2.63. The smallest absolute Gasteiger partial charge is 0.387 e. The van der Waals surface area contributed by atoms with E-state index >= 15 is 0 Å². The number of methoxy groups -OCH3 is 1. The van der Waals surface area contributed by atoms with Crippen LogP contribution in [0.1, 0.15) is 25.7 Å². The zero-order valence-electron chi connectivity index (χ0n) is 14.5. The number of ether oxygens (including phenoxy) is 2. The summed E-state index contributed by atoms with van der Waals surface area (Å²) in [5, 5.41) is 0.990. The Kier molecular flexibility index (Phi) is 8.03. The molecule has 0 aliphatic carbocycles. The predicted octanol–water partition coefficient (Wildman–Crippen LogP) is 4.63. The fourth-order valence-corrected chi connectivity index (χ4v) is 2.98. The first-order valence-electron chi connectivity index (χ1n) is 8.37. The minimum Gasteiger partial charge on any atom is -0.493 e. The molecule has 0 bridgehead atoms. The molecular weight excluding hydrogens is 410 g/mol. The Morgan fingerprint density at radius 1 is 1.12 bits per heavy atom. The molecule has 0 amide bonds. The Balaban J connectivity index is 2.17. The lowest BCUT2D eigenvalue weighted by molar-refractivity contribution is -0.599. The molecule has 0 aliphatic heterocycles. The van der Waals surface area contributed by atoms with Gasteiger partial charge < -0.3 is 9.47 Å². The van der Waals surface area contributed by atoms with Crippen molar-refractivity contribution in [3.05, 3.63) is 41.6 Å². The van der Waals surface area contributed by atoms with Gasteiger partial charge in [-0.3, -0.25) is 0 Å². The number of aromatic nitrogens is 2. The highest BCUT2D eigenvalue weighted by Crippen LogP contribution is 2.33. The summed E-state index contributed by atoms with van der Waals surface area (Å²) in [7, 11) is 1.39. The molecule has 0 saturated carbocycles. The van der Waals surface area contributed by atoms with E-state index in [1.807, 2.05) is 0 Å². The van der Waals surface area contributed by atoms with Crippen molar-refractivity contribution in [2.45, 2.75) is 38.8 Å². The van der Waals surface area contributed by atoms with Gasteiger partial charge in [0.1, 0.15) is 0 Å². The number of hydrogen-bond donors (Lipinski definition) is 0. The van der Waals surface area contributed by atoms with Crippen LogP contribution in [-0.4, -0.2) is 23.7 Å². The highest BCUT2D eigenvalue weighted by Gasteiger charge is 2.13. The van der Waals surface area contributed by atoms with E-state index in [0.29, 0.717) is 6.54 Å². The van der Waals surface area contributed by atoms with Crippen molar-refractivity contribution in [2.75, 3.05) is 12.4 Å². The van der Waals surface area contributed by atoms with Gasteiger partial charge in [-0.25, -0.2) is 0 Å². The summed E-state index contributed by atoms with van der Waals surface area (Å²) in [5.41, 5.74) is 1.54. The number of unbranched alkanes of at least 4 members (excludes halogenated alkanes) is 3. The molecule has 5 nitrogen and oxygen atoms in total. The van der Waals surface area contributed by atoms with E-state index in [4.69, 9.17) is 4.74 Å². The number of hydrogen-bond acceptors (Lipinski definition) is 3. The minimum absolute atomic E-state index is 0.0271. The molecule has 0 unspecified atom stereocenters. The van der Waals surface area contributed by atoms with Crippen LogP contribution in [0.4, 0.5) is 8.78 Å². The summed E-state index contributed by atoms with van der Waals surface area (Å²) >= 11 is 3.40. The van der Waals surface area contributed by atoms with Crippen LogP contribution in [0.3, 0.4) is 0 Å². The first kappa shape index (κ1) is 20.4. The standard InChI is InChI=1S/C18H22BrF2N2O3/c1-25-17-12-14(6-7-16(17)26-18(20)21)15-8-11-23(24)22(13-15)10-5-3-2-4-9-19/h6-8,11-13,18H,2-5,9-10H2,1H3/q+1. The van der Waals surface area contributed by atoms with Crippen LogP contribution in [0.15, 0.2) is 36.7 Å². The highest BCUT2D eigenvalue weighted by atomic mass is 79.9. The van der Waals surface area contributed by atoms with Crippen molar-refractivity contribution < 1.29 is 22.8 Å². The molecule has 0 N–H and O–H groups in total. The molecule has 0 aliphatic rings. The molecule has 0 fully saturated rings. The maximum Gasteiger partial charge on any atom is 0.387 e. The van der Waals surface area contributed by atoms with Crippen molar-refractivity contribution in [2.24, 2.45) is 0 Å². The van der Waals surface area contributed by atoms with Gasteiger partial charge in [0.2, 0.25) is 0 Å². The summed E-state index contributed by atoms with van der Waals surface area (Å²) in [6.07, 6.45) is 7.38. The highest BCUT2D eigenvalue weighted by molar-refractivity contribution is 9.09. The van der Waals surface area contributed by atoms with Crippen LogP contribution in [0.25, 0.3) is 11.1 Å². The summed E-state index contributed by atoms with van der Waals surface area (Å²) < 4.78 is 36.8. The SMILES string of the molecule is COc1cc(-c2cc[n+](=O)n(CCCCCCBr)c2)ccc1OC(F)F. The normalized spacial score (nSPS) is 11.0. The second-order valence-electron chi connectivity index (χ2n) is 5.71. The van der Waals surface area contributed by atoms with Crippen molar-refractivity contribution in [3.63, 3.8) is 0 Å². The third-order valence-electron chi connectivity index (χ3n) is 3.91. The van der Waals surface area contributed by atoms with E-state index in [1.54, 1.807) is 29.1 Å². The maximum absolute atomic E-state index is 12.4. The maximum atomic E-state index is 12.4. The number of halogens is 3. The Hall–Kier alpha value is -1.96. The lowest BCUT2D eigenvalue weighted by Crippen LogP contribution is -2.30. The van der Waals surface area contributed by atoms with Crippen molar-refractivity contribution in [1.29, 1.82) is 0 Å². The third-order valence-corrected chi connectivity index (χ3v) is 4.47. The molecule has 142 valence electrons. The van der Waals surface area contributed by atoms with E-state index in [0.717, 1.165) is 46.7 Å². The van der Waals surface area contributed by atoms with Gasteiger partial charge in [-0.1, -0.05) is 34.8 Å². The Labute approximate surface area is 159 Å². The lowest BCUT2D eigenvalue weighted by atomic mass is 10.1. The van der Waals surface area contributed by atoms with Crippen LogP contribution in [0.5, 0.6) is 11.5 Å².